The Labute approximate surface area is 213 Å². The van der Waals surface area contributed by atoms with E-state index in [4.69, 9.17) is 4.74 Å². The van der Waals surface area contributed by atoms with E-state index in [1.54, 1.807) is 13.0 Å². The number of benzene rings is 2. The molecule has 0 radical (unpaired) electrons. The van der Waals surface area contributed by atoms with Crippen LogP contribution in [0.1, 0.15) is 12.5 Å². The van der Waals surface area contributed by atoms with Gasteiger partial charge in [-0.15, -0.1) is 16.8 Å². The monoisotopic (exact) mass is 560 g/mol. The summed E-state index contributed by atoms with van der Waals surface area (Å²) in [5, 5.41) is 33.5. The minimum absolute atomic E-state index is 0.0153. The first kappa shape index (κ1) is 25.9. The van der Waals surface area contributed by atoms with Gasteiger partial charge in [-0.25, -0.2) is 5.43 Å². The number of carbonyl (C=O) groups excluding carboxylic acids is 1. The van der Waals surface area contributed by atoms with Gasteiger partial charge in [0.1, 0.15) is 0 Å². The van der Waals surface area contributed by atoms with Crippen LogP contribution in [0.15, 0.2) is 63.8 Å². The molecule has 1 unspecified atom stereocenters. The zero-order valence-corrected chi connectivity index (χ0v) is 21.1. The van der Waals surface area contributed by atoms with E-state index in [9.17, 15) is 20.0 Å². The van der Waals surface area contributed by atoms with Crippen LogP contribution >= 0.6 is 27.7 Å². The Bertz CT molecular complexity index is 1280. The van der Waals surface area contributed by atoms with Gasteiger partial charge in [0.05, 0.1) is 29.6 Å². The minimum atomic E-state index is -0.626. The molecule has 1 atom stereocenters. The van der Waals surface area contributed by atoms with Gasteiger partial charge in [0.15, 0.2) is 22.5 Å². The summed E-state index contributed by atoms with van der Waals surface area (Å²) >= 11 is 4.59. The summed E-state index contributed by atoms with van der Waals surface area (Å²) in [5.74, 6) is -0.224. The number of ether oxygens (including phenoxy) is 1. The topological polar surface area (TPSA) is 145 Å². The van der Waals surface area contributed by atoms with Crippen molar-refractivity contribution in [1.29, 1.82) is 0 Å². The van der Waals surface area contributed by atoms with E-state index in [0.717, 1.165) is 28.4 Å². The number of aromatic hydroxyl groups is 1. The summed E-state index contributed by atoms with van der Waals surface area (Å²) < 4.78 is 7.73. The molecule has 0 spiro atoms. The lowest BCUT2D eigenvalue weighted by Gasteiger charge is -2.11. The molecule has 0 aliphatic carbocycles. The quantitative estimate of drug-likeness (QED) is 0.124. The van der Waals surface area contributed by atoms with Gasteiger partial charge in [0.25, 0.3) is 11.6 Å². The Morgan fingerprint density at radius 1 is 1.40 bits per heavy atom. The number of nitrogens with zero attached hydrogens (tertiary/aromatic N) is 5. The van der Waals surface area contributed by atoms with Crippen LogP contribution in [0.5, 0.6) is 11.5 Å². The Balaban J connectivity index is 1.73. The minimum Gasteiger partial charge on any atom is -0.504 e. The number of non-ortho nitro benzene ring substituents is 1. The van der Waals surface area contributed by atoms with Crippen molar-refractivity contribution in [1.82, 2.24) is 20.2 Å². The van der Waals surface area contributed by atoms with Crippen LogP contribution in [-0.2, 0) is 11.3 Å². The second-order valence-electron chi connectivity index (χ2n) is 7.05. The lowest BCUT2D eigenvalue weighted by atomic mass is 10.2. The number of methoxy groups -OCH3 is 1. The number of hydrogen-bond acceptors (Lipinski definition) is 9. The molecule has 0 aliphatic heterocycles. The maximum atomic E-state index is 12.6. The molecule has 11 nitrogen and oxygen atoms in total. The Kier molecular flexibility index (Phi) is 8.60. The standard InChI is InChI=1S/C22H21BrN6O5S/c1-4-9-28-20(14-5-7-16(23)8-6-14)25-27-22(28)35-13(2)21(31)26-24-12-15-10-17(29(32)33)11-18(34-3)19(15)30/h4-8,10-13,30H,1,9H2,2-3H3,(H,26,31)/b24-12+. The van der Waals surface area contributed by atoms with Crippen molar-refractivity contribution in [2.45, 2.75) is 23.9 Å². The van der Waals surface area contributed by atoms with E-state index in [1.807, 2.05) is 28.8 Å². The van der Waals surface area contributed by atoms with Crippen LogP contribution in [0, 0.1) is 10.1 Å². The van der Waals surface area contributed by atoms with Crippen molar-refractivity contribution in [2.24, 2.45) is 5.10 Å². The third kappa shape index (κ3) is 6.25. The highest BCUT2D eigenvalue weighted by Gasteiger charge is 2.21. The van der Waals surface area contributed by atoms with Crippen molar-refractivity contribution in [3.05, 3.63) is 69.2 Å². The number of halogens is 1. The smallest absolute Gasteiger partial charge is 0.274 e. The summed E-state index contributed by atoms with van der Waals surface area (Å²) in [5.41, 5.74) is 2.95. The third-order valence-electron chi connectivity index (χ3n) is 4.68. The van der Waals surface area contributed by atoms with Gasteiger partial charge in [-0.3, -0.25) is 19.5 Å². The maximum absolute atomic E-state index is 12.6. The lowest BCUT2D eigenvalue weighted by Crippen LogP contribution is -2.27. The predicted octanol–water partition coefficient (Wildman–Crippen LogP) is 4.15. The molecular formula is C22H21BrN6O5S. The summed E-state index contributed by atoms with van der Waals surface area (Å²) in [6, 6.07) is 9.82. The van der Waals surface area contributed by atoms with Crippen molar-refractivity contribution in [2.75, 3.05) is 7.11 Å². The van der Waals surface area contributed by atoms with Crippen LogP contribution in [0.3, 0.4) is 0 Å². The number of nitro benzene ring substituents is 1. The highest BCUT2D eigenvalue weighted by Crippen LogP contribution is 2.33. The Hall–Kier alpha value is -3.71. The normalized spacial score (nSPS) is 11.9. The van der Waals surface area contributed by atoms with Crippen molar-refractivity contribution >= 4 is 45.5 Å². The van der Waals surface area contributed by atoms with E-state index in [2.05, 4.69) is 43.2 Å². The van der Waals surface area contributed by atoms with Crippen LogP contribution in [0.4, 0.5) is 5.69 Å². The SMILES string of the molecule is C=CCn1c(SC(C)C(=O)N/N=C/c2cc([N+](=O)[O-])cc(OC)c2O)nnc1-c1ccc(Br)cc1. The zero-order chi connectivity index (χ0) is 25.5. The van der Waals surface area contributed by atoms with Crippen molar-refractivity contribution in [3.63, 3.8) is 0 Å². The summed E-state index contributed by atoms with van der Waals surface area (Å²) in [7, 11) is 1.27. The number of phenols is 1. The molecule has 0 bridgehead atoms. The van der Waals surface area contributed by atoms with E-state index < -0.39 is 16.1 Å². The van der Waals surface area contributed by atoms with Gasteiger partial charge < -0.3 is 9.84 Å². The molecule has 2 N–H and O–H groups in total. The van der Waals surface area contributed by atoms with E-state index >= 15 is 0 Å². The average Bonchev–Trinajstić information content (AvgIpc) is 3.22. The molecule has 13 heteroatoms. The van der Waals surface area contributed by atoms with Gasteiger partial charge in [0.2, 0.25) is 0 Å². The second kappa shape index (κ2) is 11.6. The molecule has 182 valence electrons. The maximum Gasteiger partial charge on any atom is 0.274 e. The number of carbonyl (C=O) groups is 1. The summed E-state index contributed by atoms with van der Waals surface area (Å²) in [6.45, 7) is 5.90. The molecule has 3 rings (SSSR count). The van der Waals surface area contributed by atoms with Crippen LogP contribution in [0.25, 0.3) is 11.4 Å². The fourth-order valence-corrected chi connectivity index (χ4v) is 4.04. The number of allylic oxidation sites excluding steroid dienone is 1. The number of hydrogen-bond donors (Lipinski definition) is 2. The molecule has 1 aromatic heterocycles. The van der Waals surface area contributed by atoms with Gasteiger partial charge in [0, 0.05) is 28.2 Å². The van der Waals surface area contributed by atoms with Gasteiger partial charge in [-0.05, 0) is 19.1 Å². The van der Waals surface area contributed by atoms with Gasteiger partial charge in [-0.1, -0.05) is 45.9 Å². The second-order valence-corrected chi connectivity index (χ2v) is 9.27. The molecule has 0 fully saturated rings. The van der Waals surface area contributed by atoms with E-state index in [0.29, 0.717) is 17.5 Å². The van der Waals surface area contributed by atoms with E-state index in [-0.39, 0.29) is 22.7 Å². The fraction of sp³-hybridized carbons (Fsp3) is 0.182. The third-order valence-corrected chi connectivity index (χ3v) is 6.29. The number of phenolic OH excluding ortho intramolecular Hbond substituents is 1. The predicted molar refractivity (Wildman–Crippen MR) is 136 cm³/mol. The van der Waals surface area contributed by atoms with Crippen LogP contribution < -0.4 is 10.2 Å². The molecule has 35 heavy (non-hydrogen) atoms. The summed E-state index contributed by atoms with van der Waals surface area (Å²) in [4.78, 5) is 23.0. The van der Waals surface area contributed by atoms with E-state index in [1.165, 1.54) is 18.9 Å². The molecule has 0 saturated carbocycles. The first-order valence-corrected chi connectivity index (χ1v) is 11.8. The first-order valence-electron chi connectivity index (χ1n) is 10.1. The molecule has 0 saturated heterocycles. The molecule has 1 heterocycles. The number of rotatable bonds is 10. The Morgan fingerprint density at radius 3 is 2.74 bits per heavy atom. The molecule has 0 aliphatic rings. The first-order chi connectivity index (χ1) is 16.7. The largest absolute Gasteiger partial charge is 0.504 e. The molecule has 2 aromatic carbocycles. The average molecular weight is 561 g/mol. The van der Waals surface area contributed by atoms with Gasteiger partial charge in [-0.2, -0.15) is 5.10 Å². The molecule has 1 amide bonds. The fourth-order valence-electron chi connectivity index (χ4n) is 2.92. The highest BCUT2D eigenvalue weighted by atomic mass is 79.9. The van der Waals surface area contributed by atoms with Crippen molar-refractivity contribution in [3.8, 4) is 22.9 Å². The van der Waals surface area contributed by atoms with Gasteiger partial charge >= 0.3 is 0 Å². The van der Waals surface area contributed by atoms with Crippen LogP contribution in [0.2, 0.25) is 0 Å². The zero-order valence-electron chi connectivity index (χ0n) is 18.7. The number of thioether (sulfide) groups is 1. The number of nitro groups is 1. The number of aromatic nitrogens is 3. The number of nitrogens with one attached hydrogen (secondary N) is 1. The number of hydrazone groups is 1. The molecular weight excluding hydrogens is 540 g/mol. The van der Waals surface area contributed by atoms with Crippen LogP contribution in [-0.4, -0.2) is 49.3 Å². The van der Waals surface area contributed by atoms with Crippen molar-refractivity contribution < 1.29 is 19.6 Å². The highest BCUT2D eigenvalue weighted by molar-refractivity contribution is 9.10. The summed E-state index contributed by atoms with van der Waals surface area (Å²) in [6.07, 6.45) is 2.82. The Morgan fingerprint density at radius 2 is 2.11 bits per heavy atom. The lowest BCUT2D eigenvalue weighted by molar-refractivity contribution is -0.385. The number of amides is 1. The molecule has 3 aromatic rings.